The van der Waals surface area contributed by atoms with Gasteiger partial charge in [0.15, 0.2) is 5.82 Å². The van der Waals surface area contributed by atoms with E-state index < -0.39 is 0 Å². The summed E-state index contributed by atoms with van der Waals surface area (Å²) in [5.74, 6) is 1.60. The number of imidazole rings is 1. The van der Waals surface area contributed by atoms with Crippen molar-refractivity contribution in [2.75, 3.05) is 0 Å². The lowest BCUT2D eigenvalue weighted by Crippen LogP contribution is -1.97. The monoisotopic (exact) mass is 758 g/mol. The Morgan fingerprint density at radius 3 is 1.74 bits per heavy atom. The zero-order valence-electron chi connectivity index (χ0n) is 31.3. The molecule has 0 unspecified atom stereocenters. The Hall–Kier alpha value is -7.47. The lowest BCUT2D eigenvalue weighted by atomic mass is 9.99. The summed E-state index contributed by atoms with van der Waals surface area (Å²) in [5, 5.41) is 2.31. The van der Waals surface area contributed by atoms with Crippen LogP contribution in [0.4, 0.5) is 0 Å². The van der Waals surface area contributed by atoms with Crippen LogP contribution in [0.5, 0.6) is 0 Å². The molecular weight excluding hydrogens is 725 g/mol. The molecule has 0 N–H and O–H groups in total. The van der Waals surface area contributed by atoms with Crippen molar-refractivity contribution in [3.8, 4) is 73.2 Å². The van der Waals surface area contributed by atoms with Gasteiger partial charge in [0.25, 0.3) is 0 Å². The Labute approximate surface area is 340 Å². The fourth-order valence-corrected chi connectivity index (χ4v) is 9.14. The molecule has 0 radical (unpaired) electrons. The molecule has 0 aliphatic rings. The molecule has 3 aromatic heterocycles. The summed E-state index contributed by atoms with van der Waals surface area (Å²) < 4.78 is 4.66. The Balaban J connectivity index is 1.10. The Kier molecular flexibility index (Phi) is 8.30. The largest absolute Gasteiger partial charge is 0.292 e. The van der Waals surface area contributed by atoms with Crippen LogP contribution >= 0.6 is 11.3 Å². The molecule has 272 valence electrons. The smallest absolute Gasteiger partial charge is 0.161 e. The van der Waals surface area contributed by atoms with Gasteiger partial charge in [-0.3, -0.25) is 4.57 Å². The first-order chi connectivity index (χ1) is 28.7. The van der Waals surface area contributed by atoms with E-state index in [0.29, 0.717) is 5.82 Å². The predicted molar refractivity (Wildman–Crippen MR) is 242 cm³/mol. The van der Waals surface area contributed by atoms with Crippen LogP contribution in [0.3, 0.4) is 0 Å². The van der Waals surface area contributed by atoms with Gasteiger partial charge in [-0.2, -0.15) is 0 Å². The van der Waals surface area contributed by atoms with Crippen LogP contribution in [0.15, 0.2) is 206 Å². The topological polar surface area (TPSA) is 43.6 Å². The van der Waals surface area contributed by atoms with Crippen LogP contribution in [-0.2, 0) is 0 Å². The summed E-state index contributed by atoms with van der Waals surface area (Å²) in [6.07, 6.45) is 0. The zero-order chi connectivity index (χ0) is 38.4. The van der Waals surface area contributed by atoms with Gasteiger partial charge in [-0.1, -0.05) is 146 Å². The molecule has 0 spiro atoms. The van der Waals surface area contributed by atoms with E-state index in [1.54, 1.807) is 11.3 Å². The summed E-state index contributed by atoms with van der Waals surface area (Å²) in [4.78, 5) is 15.9. The van der Waals surface area contributed by atoms with Crippen LogP contribution in [0.25, 0.3) is 104 Å². The quantitative estimate of drug-likeness (QED) is 0.163. The number of nitrogens with zero attached hydrogens (tertiary/aromatic N) is 4. The lowest BCUT2D eigenvalue weighted by molar-refractivity contribution is 1.10. The number of fused-ring (bicyclic) bond motifs is 4. The van der Waals surface area contributed by atoms with Crippen LogP contribution in [0, 0.1) is 0 Å². The third-order valence-electron chi connectivity index (χ3n) is 10.8. The molecule has 0 atom stereocenters. The highest BCUT2D eigenvalue weighted by molar-refractivity contribution is 7.26. The third kappa shape index (κ3) is 6.06. The summed E-state index contributed by atoms with van der Waals surface area (Å²) in [6, 6.07) is 72.6. The van der Waals surface area contributed by atoms with Gasteiger partial charge in [-0.05, 0) is 82.9 Å². The average Bonchev–Trinajstić information content (AvgIpc) is 3.89. The molecule has 5 heteroatoms. The van der Waals surface area contributed by atoms with Crippen LogP contribution < -0.4 is 0 Å². The number of hydrogen-bond acceptors (Lipinski definition) is 4. The molecule has 0 amide bonds. The zero-order valence-corrected chi connectivity index (χ0v) is 32.1. The van der Waals surface area contributed by atoms with Gasteiger partial charge in [0.2, 0.25) is 0 Å². The number of thiophene rings is 1. The Morgan fingerprint density at radius 1 is 0.379 bits per heavy atom. The maximum absolute atomic E-state index is 5.38. The van der Waals surface area contributed by atoms with Gasteiger partial charge in [-0.15, -0.1) is 11.3 Å². The van der Waals surface area contributed by atoms with Crippen molar-refractivity contribution in [3.63, 3.8) is 0 Å². The van der Waals surface area contributed by atoms with Gasteiger partial charge in [-0.25, -0.2) is 15.0 Å². The summed E-state index contributed by atoms with van der Waals surface area (Å²) in [5.41, 5.74) is 13.7. The van der Waals surface area contributed by atoms with E-state index in [-0.39, 0.29) is 0 Å². The first-order valence-electron chi connectivity index (χ1n) is 19.4. The molecule has 11 rings (SSSR count). The summed E-state index contributed by atoms with van der Waals surface area (Å²) in [7, 11) is 0. The number of aromatic nitrogens is 4. The second kappa shape index (κ2) is 14.2. The predicted octanol–water partition coefficient (Wildman–Crippen LogP) is 14.2. The summed E-state index contributed by atoms with van der Waals surface area (Å²) in [6.45, 7) is 0. The fourth-order valence-electron chi connectivity index (χ4n) is 8.03. The molecular formula is C53H34N4S. The van der Waals surface area contributed by atoms with Crippen molar-refractivity contribution in [2.24, 2.45) is 0 Å². The molecule has 0 bridgehead atoms. The van der Waals surface area contributed by atoms with Crippen LogP contribution in [0.1, 0.15) is 0 Å². The SMILES string of the molecule is c1ccc(-c2ccc(-c3cc(-c4cccc(-c5ccccc5)c4)nc(-c4cccc5sc6ccc(-c7nc8ccccc8n7-c7ccccc7)cc6c45)n3)cc2)cc1. The second-order valence-electron chi connectivity index (χ2n) is 14.4. The van der Waals surface area contributed by atoms with Crippen molar-refractivity contribution in [3.05, 3.63) is 206 Å². The molecule has 3 heterocycles. The summed E-state index contributed by atoms with van der Waals surface area (Å²) >= 11 is 1.80. The molecule has 4 nitrogen and oxygen atoms in total. The molecule has 0 saturated heterocycles. The van der Waals surface area contributed by atoms with E-state index in [4.69, 9.17) is 15.0 Å². The van der Waals surface area contributed by atoms with E-state index in [1.807, 2.05) is 12.1 Å². The van der Waals surface area contributed by atoms with E-state index in [1.165, 1.54) is 26.1 Å². The maximum Gasteiger partial charge on any atom is 0.161 e. The molecule has 8 aromatic carbocycles. The van der Waals surface area contributed by atoms with Crippen LogP contribution in [0.2, 0.25) is 0 Å². The van der Waals surface area contributed by atoms with Crippen molar-refractivity contribution >= 4 is 42.5 Å². The van der Waals surface area contributed by atoms with Gasteiger partial charge in [0.1, 0.15) is 5.82 Å². The molecule has 58 heavy (non-hydrogen) atoms. The van der Waals surface area contributed by atoms with Crippen molar-refractivity contribution in [1.82, 2.24) is 19.5 Å². The lowest BCUT2D eigenvalue weighted by Gasteiger charge is -2.12. The first-order valence-corrected chi connectivity index (χ1v) is 20.2. The Bertz CT molecular complexity index is 3260. The van der Waals surface area contributed by atoms with E-state index in [9.17, 15) is 0 Å². The van der Waals surface area contributed by atoms with Crippen molar-refractivity contribution in [2.45, 2.75) is 0 Å². The van der Waals surface area contributed by atoms with Crippen molar-refractivity contribution < 1.29 is 0 Å². The molecule has 0 aliphatic heterocycles. The van der Waals surface area contributed by atoms with Crippen molar-refractivity contribution in [1.29, 1.82) is 0 Å². The molecule has 11 aromatic rings. The first kappa shape index (κ1) is 33.8. The average molecular weight is 759 g/mol. The number of benzene rings is 8. The van der Waals surface area contributed by atoms with Gasteiger partial charge in [0.05, 0.1) is 22.4 Å². The third-order valence-corrected chi connectivity index (χ3v) is 12.0. The van der Waals surface area contributed by atoms with Gasteiger partial charge >= 0.3 is 0 Å². The molecule has 0 saturated carbocycles. The van der Waals surface area contributed by atoms with E-state index >= 15 is 0 Å². The second-order valence-corrected chi connectivity index (χ2v) is 15.5. The van der Waals surface area contributed by atoms with Gasteiger partial charge < -0.3 is 0 Å². The standard InChI is InChI=1S/C53H34N4S/c1-4-14-35(15-5-1)37-26-28-38(29-27-37)46-34-47(40-19-12-18-39(32-40)36-16-6-2-7-17-36)55-52(54-46)43-22-13-25-50-51(43)44-33-41(30-31-49(44)58-50)53-56-45-23-10-11-24-48(45)57(53)42-20-8-3-9-21-42/h1-34H. The highest BCUT2D eigenvalue weighted by atomic mass is 32.1. The number of para-hydroxylation sites is 3. The maximum atomic E-state index is 5.38. The highest BCUT2D eigenvalue weighted by Gasteiger charge is 2.19. The minimum atomic E-state index is 0.692. The fraction of sp³-hybridized carbons (Fsp3) is 0. The van der Waals surface area contributed by atoms with Crippen LogP contribution in [-0.4, -0.2) is 19.5 Å². The number of hydrogen-bond donors (Lipinski definition) is 0. The van der Waals surface area contributed by atoms with Gasteiger partial charge in [0, 0.05) is 48.1 Å². The molecule has 0 aliphatic carbocycles. The van der Waals surface area contributed by atoms with E-state index in [2.05, 4.69) is 199 Å². The minimum absolute atomic E-state index is 0.692. The minimum Gasteiger partial charge on any atom is -0.292 e. The normalized spacial score (nSPS) is 11.4. The van der Waals surface area contributed by atoms with E-state index in [0.717, 1.165) is 72.5 Å². The number of rotatable bonds is 7. The Morgan fingerprint density at radius 2 is 0.966 bits per heavy atom. The highest BCUT2D eigenvalue weighted by Crippen LogP contribution is 2.42. The molecule has 0 fully saturated rings.